The quantitative estimate of drug-likeness (QED) is 0.357. The number of unbranched alkanes of at least 4 members (excludes halogenated alkanes) is 8. The number of rotatable bonds is 14. The molecule has 4 heteroatoms. The van der Waals surface area contributed by atoms with Crippen LogP contribution in [0.5, 0.6) is 0 Å². The summed E-state index contributed by atoms with van der Waals surface area (Å²) < 4.78 is 5.86. The molecule has 0 aliphatic rings. The van der Waals surface area contributed by atoms with Gasteiger partial charge in [-0.25, -0.2) is 0 Å². The minimum Gasteiger partial charge on any atom is -1.00 e. The molecule has 128 valence electrons. The fourth-order valence-corrected chi connectivity index (χ4v) is 5.36. The first-order valence-corrected chi connectivity index (χ1v) is 11.9. The van der Waals surface area contributed by atoms with E-state index < -0.39 is 8.32 Å². The van der Waals surface area contributed by atoms with Crippen LogP contribution in [0.25, 0.3) is 0 Å². The van der Waals surface area contributed by atoms with E-state index in [1.807, 2.05) is 0 Å². The summed E-state index contributed by atoms with van der Waals surface area (Å²) in [6, 6.07) is 3.18. The molecular formula is C18H39NaO2Si. The first-order chi connectivity index (χ1) is 10.1. The molecule has 0 radical (unpaired) electrons. The Bertz CT molecular complexity index is 253. The number of carbonyl (C=O) groups excluding carboxylic acids is 1. The van der Waals surface area contributed by atoms with Gasteiger partial charge in [0.05, 0.1) is 0 Å². The van der Waals surface area contributed by atoms with Gasteiger partial charge in [-0.15, -0.1) is 0 Å². The molecule has 0 unspecified atom stereocenters. The number of hydrogen-bond acceptors (Lipinski definition) is 2. The van der Waals surface area contributed by atoms with Gasteiger partial charge in [0, 0.05) is 6.42 Å². The first-order valence-electron chi connectivity index (χ1n) is 9.36. The summed E-state index contributed by atoms with van der Waals surface area (Å²) in [7, 11) is -1.72. The van der Waals surface area contributed by atoms with Crippen molar-refractivity contribution in [3.05, 3.63) is 0 Å². The van der Waals surface area contributed by atoms with E-state index in [0.717, 1.165) is 24.6 Å². The van der Waals surface area contributed by atoms with E-state index in [4.69, 9.17) is 4.43 Å². The second kappa shape index (κ2) is 16.5. The number of carbonyl (C=O) groups is 1. The van der Waals surface area contributed by atoms with Crippen molar-refractivity contribution in [2.75, 3.05) is 0 Å². The predicted octanol–water partition coefficient (Wildman–Crippen LogP) is 3.57. The van der Waals surface area contributed by atoms with E-state index in [1.54, 1.807) is 0 Å². The van der Waals surface area contributed by atoms with Crippen LogP contribution in [0.4, 0.5) is 0 Å². The minimum atomic E-state index is -1.72. The van der Waals surface area contributed by atoms with Gasteiger partial charge in [0.15, 0.2) is 0 Å². The maximum absolute atomic E-state index is 12.0. The van der Waals surface area contributed by atoms with Crippen LogP contribution in [0.3, 0.4) is 0 Å². The average Bonchev–Trinajstić information content (AvgIpc) is 2.51. The molecule has 22 heavy (non-hydrogen) atoms. The average molecular weight is 339 g/mol. The van der Waals surface area contributed by atoms with Gasteiger partial charge in [0.2, 0.25) is 0 Å². The Balaban J connectivity index is -0.00000200. The van der Waals surface area contributed by atoms with E-state index in [1.165, 1.54) is 51.4 Å². The molecule has 0 aliphatic carbocycles. The van der Waals surface area contributed by atoms with Crippen molar-refractivity contribution in [1.82, 2.24) is 0 Å². The molecule has 0 N–H and O–H groups in total. The van der Waals surface area contributed by atoms with Gasteiger partial charge in [-0.05, 0) is 24.6 Å². The SMILES string of the molecule is CCCCCCCCCCCC(=O)O[Si](CC)(CC)CC.[H-].[Na+]. The van der Waals surface area contributed by atoms with Crippen LogP contribution in [0.15, 0.2) is 0 Å². The summed E-state index contributed by atoms with van der Waals surface area (Å²) in [6.07, 6.45) is 12.3. The molecule has 0 heterocycles. The van der Waals surface area contributed by atoms with Crippen molar-refractivity contribution >= 4 is 14.3 Å². The van der Waals surface area contributed by atoms with Gasteiger partial charge in [0.1, 0.15) is 0 Å². The van der Waals surface area contributed by atoms with Crippen molar-refractivity contribution in [1.29, 1.82) is 0 Å². The van der Waals surface area contributed by atoms with Gasteiger partial charge in [-0.1, -0.05) is 79.1 Å². The fourth-order valence-electron chi connectivity index (χ4n) is 2.84. The summed E-state index contributed by atoms with van der Waals surface area (Å²) >= 11 is 0. The zero-order valence-electron chi connectivity index (χ0n) is 17.0. The van der Waals surface area contributed by atoms with E-state index in [-0.39, 0.29) is 37.0 Å². The molecule has 0 aromatic carbocycles. The molecule has 0 atom stereocenters. The van der Waals surface area contributed by atoms with Crippen LogP contribution in [0.2, 0.25) is 18.1 Å². The zero-order chi connectivity index (χ0) is 16.0. The van der Waals surface area contributed by atoms with Crippen LogP contribution in [-0.4, -0.2) is 14.3 Å². The van der Waals surface area contributed by atoms with Crippen molar-refractivity contribution in [2.45, 2.75) is 110 Å². The Morgan fingerprint density at radius 1 is 0.773 bits per heavy atom. The van der Waals surface area contributed by atoms with Gasteiger partial charge >= 0.3 is 29.6 Å². The standard InChI is InChI=1S/C18H38O2Si.Na.H/c1-5-9-10-11-12-13-14-15-16-17-18(19)20-21(6-2,7-3)8-4;;/h5-17H2,1-4H3;;/q;+1;-1. The Kier molecular flexibility index (Phi) is 18.7. The predicted molar refractivity (Wildman–Crippen MR) is 96.2 cm³/mol. The molecule has 0 amide bonds. The van der Waals surface area contributed by atoms with Gasteiger partial charge in [-0.3, -0.25) is 4.79 Å². The van der Waals surface area contributed by atoms with E-state index in [0.29, 0.717) is 6.42 Å². The van der Waals surface area contributed by atoms with Crippen LogP contribution in [0.1, 0.15) is 93.3 Å². The Hall–Kier alpha value is 0.687. The van der Waals surface area contributed by atoms with E-state index in [2.05, 4.69) is 27.7 Å². The molecule has 0 aliphatic heterocycles. The summed E-state index contributed by atoms with van der Waals surface area (Å²) in [5, 5.41) is 0. The molecule has 0 aromatic rings. The third-order valence-corrected chi connectivity index (χ3v) is 9.27. The van der Waals surface area contributed by atoms with E-state index in [9.17, 15) is 4.79 Å². The molecule has 0 saturated heterocycles. The molecule has 0 aromatic heterocycles. The van der Waals surface area contributed by atoms with Crippen LogP contribution in [-0.2, 0) is 9.22 Å². The van der Waals surface area contributed by atoms with Crippen molar-refractivity contribution in [3.63, 3.8) is 0 Å². The third kappa shape index (κ3) is 12.2. The normalized spacial score (nSPS) is 11.1. The van der Waals surface area contributed by atoms with Crippen molar-refractivity contribution in [3.8, 4) is 0 Å². The Labute approximate surface area is 164 Å². The molecule has 0 fully saturated rings. The zero-order valence-corrected chi connectivity index (χ0v) is 19.0. The number of hydrogen-bond donors (Lipinski definition) is 0. The van der Waals surface area contributed by atoms with Crippen LogP contribution < -0.4 is 29.6 Å². The first kappa shape index (κ1) is 24.9. The molecule has 0 rings (SSSR count). The maximum Gasteiger partial charge on any atom is 1.00 e. The van der Waals surface area contributed by atoms with Crippen molar-refractivity contribution in [2.24, 2.45) is 0 Å². The van der Waals surface area contributed by atoms with Gasteiger partial charge in [-0.2, -0.15) is 0 Å². The molecular weight excluding hydrogens is 299 g/mol. The van der Waals surface area contributed by atoms with Gasteiger partial charge < -0.3 is 5.85 Å². The molecule has 0 spiro atoms. The maximum atomic E-state index is 12.0. The van der Waals surface area contributed by atoms with Gasteiger partial charge in [0.25, 0.3) is 14.3 Å². The van der Waals surface area contributed by atoms with Crippen LogP contribution in [0, 0.1) is 0 Å². The summed E-state index contributed by atoms with van der Waals surface area (Å²) in [6.45, 7) is 8.77. The smallest absolute Gasteiger partial charge is 1.00 e. The summed E-state index contributed by atoms with van der Waals surface area (Å²) in [4.78, 5) is 12.0. The second-order valence-electron chi connectivity index (χ2n) is 6.30. The summed E-state index contributed by atoms with van der Waals surface area (Å²) in [5.74, 6) is 0.0650. The van der Waals surface area contributed by atoms with E-state index >= 15 is 0 Å². The fraction of sp³-hybridized carbons (Fsp3) is 0.944. The molecule has 2 nitrogen and oxygen atoms in total. The Morgan fingerprint density at radius 3 is 1.59 bits per heavy atom. The molecule has 0 saturated carbocycles. The minimum absolute atomic E-state index is 0. The summed E-state index contributed by atoms with van der Waals surface area (Å²) in [5.41, 5.74) is 0. The molecule has 0 bridgehead atoms. The topological polar surface area (TPSA) is 26.3 Å². The van der Waals surface area contributed by atoms with Crippen LogP contribution >= 0.6 is 0 Å². The largest absolute Gasteiger partial charge is 1.00 e. The second-order valence-corrected chi connectivity index (χ2v) is 11.0. The Morgan fingerprint density at radius 2 is 1.18 bits per heavy atom. The van der Waals surface area contributed by atoms with Crippen molar-refractivity contribution < 1.29 is 40.2 Å². The third-order valence-electron chi connectivity index (χ3n) is 4.75. The monoisotopic (exact) mass is 338 g/mol.